The molecule has 4 atom stereocenters. The van der Waals surface area contributed by atoms with Gasteiger partial charge in [-0.05, 0) is 93.7 Å². The Hall–Kier alpha value is -3.73. The number of nitrogens with two attached hydrogens (primary N) is 3. The van der Waals surface area contributed by atoms with Crippen LogP contribution in [0.1, 0.15) is 96.1 Å². The molecule has 284 valence electrons. The van der Waals surface area contributed by atoms with E-state index in [1.807, 2.05) is 79.4 Å². The molecule has 2 aliphatic rings. The van der Waals surface area contributed by atoms with Crippen LogP contribution in [0.2, 0.25) is 0 Å². The van der Waals surface area contributed by atoms with Crippen molar-refractivity contribution in [3.05, 3.63) is 71.8 Å². The number of nitrogens with one attached hydrogen (secondary N) is 1. The average Bonchev–Trinajstić information content (AvgIpc) is 3.10. The van der Waals surface area contributed by atoms with Gasteiger partial charge >= 0.3 is 0 Å². The molecule has 0 radical (unpaired) electrons. The first-order chi connectivity index (χ1) is 24.7. The van der Waals surface area contributed by atoms with Gasteiger partial charge < -0.3 is 27.4 Å². The van der Waals surface area contributed by atoms with Crippen LogP contribution in [0.3, 0.4) is 0 Å². The number of amides is 2. The van der Waals surface area contributed by atoms with E-state index in [1.54, 1.807) is 6.92 Å². The molecular formula is C42H61N5O5. The van der Waals surface area contributed by atoms with E-state index in [1.165, 1.54) is 0 Å². The first-order valence-electron chi connectivity index (χ1n) is 19.2. The second kappa shape index (κ2) is 18.9. The molecule has 7 N–H and O–H groups in total. The number of ketones is 3. The fourth-order valence-corrected chi connectivity index (χ4v) is 8.15. The smallest absolute Gasteiger partial charge is 0.226 e. The summed E-state index contributed by atoms with van der Waals surface area (Å²) in [5.41, 5.74) is 19.6. The van der Waals surface area contributed by atoms with E-state index < -0.39 is 29.5 Å². The van der Waals surface area contributed by atoms with Crippen LogP contribution >= 0.6 is 0 Å². The molecule has 2 fully saturated rings. The van der Waals surface area contributed by atoms with E-state index in [-0.39, 0.29) is 53.3 Å². The summed E-state index contributed by atoms with van der Waals surface area (Å²) in [7, 11) is 0. The molecule has 1 aliphatic heterocycles. The third kappa shape index (κ3) is 11.4. The summed E-state index contributed by atoms with van der Waals surface area (Å²) < 4.78 is 0. The number of hydrogen-bond acceptors (Lipinski definition) is 8. The van der Waals surface area contributed by atoms with Crippen molar-refractivity contribution in [2.45, 2.75) is 115 Å². The van der Waals surface area contributed by atoms with Crippen molar-refractivity contribution in [1.29, 1.82) is 0 Å². The van der Waals surface area contributed by atoms with Crippen LogP contribution in [0.5, 0.6) is 0 Å². The van der Waals surface area contributed by atoms with Crippen molar-refractivity contribution in [3.63, 3.8) is 0 Å². The fraction of sp³-hybridized carbons (Fsp3) is 0.595. The molecule has 1 saturated heterocycles. The van der Waals surface area contributed by atoms with E-state index in [0.717, 1.165) is 36.8 Å². The summed E-state index contributed by atoms with van der Waals surface area (Å²) in [5.74, 6) is -1.92. The molecule has 10 heteroatoms. The van der Waals surface area contributed by atoms with Crippen LogP contribution in [-0.2, 0) is 36.8 Å². The van der Waals surface area contributed by atoms with Crippen LogP contribution in [0.4, 0.5) is 0 Å². The highest BCUT2D eigenvalue weighted by Gasteiger charge is 2.55. The predicted octanol–water partition coefficient (Wildman–Crippen LogP) is 4.30. The minimum atomic E-state index is -0.799. The molecule has 52 heavy (non-hydrogen) atoms. The minimum absolute atomic E-state index is 0.00214. The Morgan fingerprint density at radius 3 is 1.90 bits per heavy atom. The van der Waals surface area contributed by atoms with Crippen LogP contribution in [0.25, 0.3) is 0 Å². The predicted molar refractivity (Wildman–Crippen MR) is 204 cm³/mol. The Morgan fingerprint density at radius 2 is 1.37 bits per heavy atom. The second-order valence-electron chi connectivity index (χ2n) is 16.1. The molecule has 0 unspecified atom stereocenters. The summed E-state index contributed by atoms with van der Waals surface area (Å²) in [4.78, 5) is 69.5. The van der Waals surface area contributed by atoms with Crippen molar-refractivity contribution < 1.29 is 24.0 Å². The van der Waals surface area contributed by atoms with Gasteiger partial charge in [-0.25, -0.2) is 0 Å². The zero-order valence-corrected chi connectivity index (χ0v) is 31.5. The van der Waals surface area contributed by atoms with Crippen molar-refractivity contribution in [2.24, 2.45) is 40.4 Å². The number of rotatable bonds is 20. The number of carbonyl (C=O) groups excluding carboxylic acids is 5. The van der Waals surface area contributed by atoms with E-state index in [4.69, 9.17) is 17.2 Å². The number of carbonyl (C=O) groups is 5. The molecule has 4 rings (SSSR count). The number of Topliss-reactive ketones (excluding diaryl/α,β-unsaturated/α-hetero) is 3. The van der Waals surface area contributed by atoms with Crippen LogP contribution in [0, 0.1) is 23.2 Å². The summed E-state index contributed by atoms with van der Waals surface area (Å²) in [6, 6.07) is 17.5. The van der Waals surface area contributed by atoms with Gasteiger partial charge in [-0.15, -0.1) is 0 Å². The average molecular weight is 716 g/mol. The third-order valence-corrected chi connectivity index (χ3v) is 11.3. The normalized spacial score (nSPS) is 18.6. The van der Waals surface area contributed by atoms with E-state index >= 15 is 0 Å². The lowest BCUT2D eigenvalue weighted by Crippen LogP contribution is -2.64. The molecule has 1 heterocycles. The SMILES string of the molecule is CC(=O)C1(N)CC2(CCN(C(=O)[C@@H](CCCCN)CC(=O)[C@@H](CC(C)C)NC(=O)[C@H](CC(=O)[C@H](N)Cc3ccccc3)Cc3ccccc3)CC2)C1. The van der Waals surface area contributed by atoms with Gasteiger partial charge in [-0.1, -0.05) is 80.9 Å². The van der Waals surface area contributed by atoms with Crippen molar-refractivity contribution in [3.8, 4) is 0 Å². The third-order valence-electron chi connectivity index (χ3n) is 11.3. The summed E-state index contributed by atoms with van der Waals surface area (Å²) in [5, 5.41) is 3.03. The molecule has 1 saturated carbocycles. The minimum Gasteiger partial charge on any atom is -0.346 e. The number of benzene rings is 2. The van der Waals surface area contributed by atoms with Gasteiger partial charge in [0.05, 0.1) is 17.6 Å². The highest BCUT2D eigenvalue weighted by Crippen LogP contribution is 2.54. The van der Waals surface area contributed by atoms with Crippen LogP contribution in [0.15, 0.2) is 60.7 Å². The highest BCUT2D eigenvalue weighted by molar-refractivity contribution is 5.95. The van der Waals surface area contributed by atoms with Gasteiger partial charge in [0.2, 0.25) is 11.8 Å². The molecule has 10 nitrogen and oxygen atoms in total. The lowest BCUT2D eigenvalue weighted by molar-refractivity contribution is -0.145. The van der Waals surface area contributed by atoms with E-state index in [0.29, 0.717) is 58.2 Å². The number of piperidine rings is 1. The Bertz CT molecular complexity index is 1500. The van der Waals surface area contributed by atoms with Gasteiger partial charge in [0.15, 0.2) is 11.6 Å². The fourth-order valence-electron chi connectivity index (χ4n) is 8.15. The van der Waals surface area contributed by atoms with E-state index in [9.17, 15) is 24.0 Å². The first-order valence-corrected chi connectivity index (χ1v) is 19.2. The van der Waals surface area contributed by atoms with Crippen LogP contribution < -0.4 is 22.5 Å². The monoisotopic (exact) mass is 715 g/mol. The largest absolute Gasteiger partial charge is 0.346 e. The van der Waals surface area contributed by atoms with Crippen molar-refractivity contribution >= 4 is 29.2 Å². The van der Waals surface area contributed by atoms with Crippen LogP contribution in [-0.4, -0.2) is 71.3 Å². The standard InChI is InChI=1S/C42H61N5O5/c1-29(2)22-36(46-39(51)34(23-31-12-6-4-7-13-31)26-37(49)35(44)24-32-14-8-5-9-15-32)38(50)25-33(16-10-11-19-43)40(52)47-20-17-41(18-21-47)27-42(45,28-41)30(3)48/h4-9,12-15,29,33-36H,10-11,16-28,43-45H2,1-3H3,(H,46,51)/t33-,34-,35+,36+/m0/s1. The lowest BCUT2D eigenvalue weighted by atomic mass is 9.53. The summed E-state index contributed by atoms with van der Waals surface area (Å²) in [6.07, 6.45) is 5.97. The Morgan fingerprint density at radius 1 is 0.808 bits per heavy atom. The quantitative estimate of drug-likeness (QED) is 0.147. The van der Waals surface area contributed by atoms with E-state index in [2.05, 4.69) is 5.32 Å². The Kier molecular flexibility index (Phi) is 14.9. The van der Waals surface area contributed by atoms with Gasteiger partial charge in [0, 0.05) is 37.8 Å². The van der Waals surface area contributed by atoms with Gasteiger partial charge in [-0.2, -0.15) is 0 Å². The molecule has 1 spiro atoms. The molecule has 2 aromatic carbocycles. The maximum atomic E-state index is 14.1. The maximum Gasteiger partial charge on any atom is 0.226 e. The second-order valence-corrected chi connectivity index (χ2v) is 16.1. The Labute approximate surface area is 310 Å². The number of hydrogen-bond donors (Lipinski definition) is 4. The molecule has 2 aromatic rings. The Balaban J connectivity index is 1.45. The number of likely N-dealkylation sites (tertiary alicyclic amines) is 1. The molecule has 0 bridgehead atoms. The molecule has 2 amide bonds. The molecule has 1 aliphatic carbocycles. The zero-order valence-electron chi connectivity index (χ0n) is 31.5. The van der Waals surface area contributed by atoms with Crippen molar-refractivity contribution in [2.75, 3.05) is 19.6 Å². The summed E-state index contributed by atoms with van der Waals surface area (Å²) in [6.45, 7) is 7.19. The summed E-state index contributed by atoms with van der Waals surface area (Å²) >= 11 is 0. The van der Waals surface area contributed by atoms with Gasteiger partial charge in [0.25, 0.3) is 0 Å². The topological polar surface area (TPSA) is 179 Å². The highest BCUT2D eigenvalue weighted by atomic mass is 16.2. The van der Waals surface area contributed by atoms with Crippen molar-refractivity contribution in [1.82, 2.24) is 10.2 Å². The van der Waals surface area contributed by atoms with Gasteiger partial charge in [-0.3, -0.25) is 24.0 Å². The number of nitrogens with zero attached hydrogens (tertiary/aromatic N) is 1. The maximum absolute atomic E-state index is 14.1. The molecule has 0 aromatic heterocycles. The molecular weight excluding hydrogens is 654 g/mol. The lowest BCUT2D eigenvalue weighted by Gasteiger charge is -2.56. The number of unbranched alkanes of at least 4 members (excludes halogenated alkanes) is 1. The first kappa shape index (κ1) is 41.0. The zero-order chi connectivity index (χ0) is 37.9. The van der Waals surface area contributed by atoms with Gasteiger partial charge in [0.1, 0.15) is 5.78 Å².